The number of hydrogen-bond acceptors (Lipinski definition) is 8. The number of anilines is 4. The second-order valence-electron chi connectivity index (χ2n) is 5.67. The number of nitrogens with two attached hydrogens (primary N) is 1. The molecule has 0 aliphatic carbocycles. The van der Waals surface area contributed by atoms with Crippen LogP contribution in [0.25, 0.3) is 0 Å². The molecule has 2 heterocycles. The fourth-order valence-corrected chi connectivity index (χ4v) is 2.51. The maximum Gasteiger partial charge on any atom is 0.221 e. The molecule has 0 atom stereocenters. The molecule has 1 aromatic carbocycles. The third-order valence-corrected chi connectivity index (χ3v) is 3.71. The van der Waals surface area contributed by atoms with E-state index < -0.39 is 5.82 Å². The molecule has 0 spiro atoms. The fraction of sp³-hybridized carbons (Fsp3) is 0.158. The van der Waals surface area contributed by atoms with Crippen molar-refractivity contribution in [3.63, 3.8) is 0 Å². The van der Waals surface area contributed by atoms with Gasteiger partial charge in [-0.15, -0.1) is 0 Å². The van der Waals surface area contributed by atoms with E-state index in [1.54, 1.807) is 24.4 Å². The Morgan fingerprint density at radius 1 is 1.18 bits per heavy atom. The number of aromatic nitrogens is 3. The van der Waals surface area contributed by atoms with Crippen LogP contribution in [0, 0.1) is 17.1 Å². The van der Waals surface area contributed by atoms with Crippen molar-refractivity contribution >= 4 is 23.3 Å². The molecule has 142 valence electrons. The smallest absolute Gasteiger partial charge is 0.221 e. The van der Waals surface area contributed by atoms with Crippen LogP contribution < -0.4 is 21.1 Å². The molecule has 4 N–H and O–H groups in total. The molecular formula is C19H18FN7O. The van der Waals surface area contributed by atoms with E-state index >= 15 is 0 Å². The van der Waals surface area contributed by atoms with E-state index in [1.807, 2.05) is 6.92 Å². The van der Waals surface area contributed by atoms with Gasteiger partial charge in [-0.05, 0) is 31.2 Å². The van der Waals surface area contributed by atoms with Crippen LogP contribution in [0.5, 0.6) is 11.5 Å². The molecule has 28 heavy (non-hydrogen) atoms. The van der Waals surface area contributed by atoms with Gasteiger partial charge in [-0.2, -0.15) is 10.2 Å². The summed E-state index contributed by atoms with van der Waals surface area (Å²) in [6.45, 7) is 2.55. The van der Waals surface area contributed by atoms with Crippen LogP contribution in [-0.4, -0.2) is 21.5 Å². The Morgan fingerprint density at radius 3 is 2.71 bits per heavy atom. The lowest BCUT2D eigenvalue weighted by atomic mass is 10.1. The number of pyridine rings is 1. The number of ether oxygens (including phenoxy) is 1. The van der Waals surface area contributed by atoms with E-state index in [0.29, 0.717) is 35.2 Å². The number of rotatable bonds is 7. The van der Waals surface area contributed by atoms with Crippen molar-refractivity contribution in [3.05, 3.63) is 54.1 Å². The summed E-state index contributed by atoms with van der Waals surface area (Å²) < 4.78 is 20.3. The molecule has 8 nitrogen and oxygen atoms in total. The molecule has 0 fully saturated rings. The van der Waals surface area contributed by atoms with Crippen molar-refractivity contribution in [2.24, 2.45) is 0 Å². The molecule has 2 aromatic heterocycles. The van der Waals surface area contributed by atoms with Crippen molar-refractivity contribution in [2.45, 2.75) is 13.3 Å². The lowest BCUT2D eigenvalue weighted by molar-refractivity contribution is 0.438. The van der Waals surface area contributed by atoms with Crippen LogP contribution in [0.15, 0.2) is 42.7 Å². The first-order valence-electron chi connectivity index (χ1n) is 8.52. The number of nitriles is 1. The molecule has 0 saturated carbocycles. The van der Waals surface area contributed by atoms with Gasteiger partial charge in [-0.1, -0.05) is 0 Å². The molecule has 0 bridgehead atoms. The zero-order valence-electron chi connectivity index (χ0n) is 15.1. The minimum absolute atomic E-state index is 0.0283. The first-order chi connectivity index (χ1) is 13.6. The zero-order chi connectivity index (χ0) is 19.9. The maximum absolute atomic E-state index is 14.6. The second-order valence-corrected chi connectivity index (χ2v) is 5.67. The molecule has 0 aliphatic heterocycles. The van der Waals surface area contributed by atoms with Gasteiger partial charge in [0.25, 0.3) is 0 Å². The normalized spacial score (nSPS) is 10.2. The van der Waals surface area contributed by atoms with Crippen LogP contribution in [0.1, 0.15) is 12.5 Å². The van der Waals surface area contributed by atoms with Crippen molar-refractivity contribution in [3.8, 4) is 17.6 Å². The number of nitrogens with one attached hydrogen (secondary N) is 2. The van der Waals surface area contributed by atoms with E-state index in [4.69, 9.17) is 15.7 Å². The number of halogens is 1. The van der Waals surface area contributed by atoms with Gasteiger partial charge in [-0.25, -0.2) is 14.4 Å². The highest BCUT2D eigenvalue weighted by atomic mass is 19.1. The van der Waals surface area contributed by atoms with Gasteiger partial charge in [0.05, 0.1) is 18.1 Å². The van der Waals surface area contributed by atoms with Crippen molar-refractivity contribution in [1.29, 1.82) is 5.26 Å². The number of hydrogen-bond donors (Lipinski definition) is 3. The van der Waals surface area contributed by atoms with Crippen LogP contribution in [0.3, 0.4) is 0 Å². The Labute approximate surface area is 161 Å². The van der Waals surface area contributed by atoms with E-state index in [1.165, 1.54) is 18.3 Å². The zero-order valence-corrected chi connectivity index (χ0v) is 15.1. The summed E-state index contributed by atoms with van der Waals surface area (Å²) in [5.41, 5.74) is 6.58. The average Bonchev–Trinajstić information content (AvgIpc) is 2.67. The standard InChI is InChI=1S/C19H18FN7O/c1-2-23-18-13(5-8-21)15(6-9-24-18)28-16-4-3-12(11-14(16)20)26-17-7-10-25-19(22)27-17/h3-4,6-7,9-11H,2,5H2,1H3,(H,23,24)(H3,22,25,26,27). The summed E-state index contributed by atoms with van der Waals surface area (Å²) in [6, 6.07) is 9.72. The minimum Gasteiger partial charge on any atom is -0.454 e. The monoisotopic (exact) mass is 379 g/mol. The second kappa shape index (κ2) is 8.64. The Hall–Kier alpha value is -3.93. The summed E-state index contributed by atoms with van der Waals surface area (Å²) in [5, 5.41) is 15.1. The molecule has 0 aliphatic rings. The SMILES string of the molecule is CCNc1nccc(Oc2ccc(Nc3ccnc(N)n3)cc2F)c1CC#N. The predicted octanol–water partition coefficient (Wildman–Crippen LogP) is 3.63. The predicted molar refractivity (Wildman–Crippen MR) is 104 cm³/mol. The van der Waals surface area contributed by atoms with Gasteiger partial charge in [0.2, 0.25) is 5.95 Å². The highest BCUT2D eigenvalue weighted by Gasteiger charge is 2.14. The summed E-state index contributed by atoms with van der Waals surface area (Å²) >= 11 is 0. The largest absolute Gasteiger partial charge is 0.454 e. The molecule has 9 heteroatoms. The number of benzene rings is 1. The van der Waals surface area contributed by atoms with Crippen molar-refractivity contribution in [2.75, 3.05) is 22.9 Å². The van der Waals surface area contributed by atoms with Gasteiger partial charge in [0.1, 0.15) is 17.4 Å². The first-order valence-corrected chi connectivity index (χ1v) is 8.52. The molecule has 0 radical (unpaired) electrons. The van der Waals surface area contributed by atoms with Crippen LogP contribution in [0.4, 0.5) is 27.7 Å². The van der Waals surface area contributed by atoms with Crippen molar-refractivity contribution in [1.82, 2.24) is 15.0 Å². The summed E-state index contributed by atoms with van der Waals surface area (Å²) in [6.07, 6.45) is 3.13. The molecule has 3 rings (SSSR count). The Morgan fingerprint density at radius 2 is 2.00 bits per heavy atom. The molecule has 0 unspecified atom stereocenters. The van der Waals surface area contributed by atoms with Gasteiger partial charge >= 0.3 is 0 Å². The third-order valence-electron chi connectivity index (χ3n) is 3.71. The van der Waals surface area contributed by atoms with E-state index in [2.05, 4.69) is 31.7 Å². The van der Waals surface area contributed by atoms with E-state index in [0.717, 1.165) is 0 Å². The molecular weight excluding hydrogens is 361 g/mol. The Balaban J connectivity index is 1.84. The minimum atomic E-state index is -0.572. The summed E-state index contributed by atoms with van der Waals surface area (Å²) in [4.78, 5) is 12.0. The lowest BCUT2D eigenvalue weighted by Gasteiger charge is -2.14. The van der Waals surface area contributed by atoms with Crippen LogP contribution in [0.2, 0.25) is 0 Å². The van der Waals surface area contributed by atoms with Gasteiger partial charge in [0.15, 0.2) is 11.6 Å². The molecule has 0 amide bonds. The summed E-state index contributed by atoms with van der Waals surface area (Å²) in [7, 11) is 0. The van der Waals surface area contributed by atoms with Crippen LogP contribution in [-0.2, 0) is 6.42 Å². The first kappa shape index (κ1) is 18.8. The van der Waals surface area contributed by atoms with E-state index in [9.17, 15) is 4.39 Å². The molecule has 3 aromatic rings. The highest BCUT2D eigenvalue weighted by molar-refractivity contribution is 5.59. The summed E-state index contributed by atoms with van der Waals surface area (Å²) in [5.74, 6) is 0.931. The molecule has 0 saturated heterocycles. The lowest BCUT2D eigenvalue weighted by Crippen LogP contribution is -2.05. The third kappa shape index (κ3) is 4.42. The highest BCUT2D eigenvalue weighted by Crippen LogP contribution is 2.32. The van der Waals surface area contributed by atoms with Crippen molar-refractivity contribution < 1.29 is 9.13 Å². The van der Waals surface area contributed by atoms with Gasteiger partial charge < -0.3 is 21.1 Å². The fourth-order valence-electron chi connectivity index (χ4n) is 2.51. The van der Waals surface area contributed by atoms with Crippen LogP contribution >= 0.6 is 0 Å². The Bertz CT molecular complexity index is 1020. The maximum atomic E-state index is 14.6. The Kier molecular flexibility index (Phi) is 5.81. The number of nitrogen functional groups attached to an aromatic ring is 1. The van der Waals surface area contributed by atoms with Gasteiger partial charge in [-0.3, -0.25) is 0 Å². The average molecular weight is 379 g/mol. The topological polar surface area (TPSA) is 122 Å². The van der Waals surface area contributed by atoms with Gasteiger partial charge in [0, 0.05) is 30.7 Å². The van der Waals surface area contributed by atoms with E-state index in [-0.39, 0.29) is 18.1 Å². The quantitative estimate of drug-likeness (QED) is 0.569. The number of nitrogens with zero attached hydrogens (tertiary/aromatic N) is 4.